The fourth-order valence-electron chi connectivity index (χ4n) is 2.17. The van der Waals surface area contributed by atoms with Crippen LogP contribution in [0.3, 0.4) is 0 Å². The van der Waals surface area contributed by atoms with Crippen molar-refractivity contribution in [2.24, 2.45) is 22.6 Å². The molecule has 0 aliphatic heterocycles. The highest BCUT2D eigenvalue weighted by atomic mass is 15.1. The fourth-order valence-corrected chi connectivity index (χ4v) is 2.17. The van der Waals surface area contributed by atoms with Gasteiger partial charge in [0, 0.05) is 6.04 Å². The molecule has 3 nitrogen and oxygen atoms in total. The lowest BCUT2D eigenvalue weighted by molar-refractivity contribution is 0.422. The molecule has 0 amide bonds. The fraction of sp³-hybridized carbons (Fsp3) is 0.909. The van der Waals surface area contributed by atoms with Gasteiger partial charge in [0.15, 0.2) is 5.96 Å². The summed E-state index contributed by atoms with van der Waals surface area (Å²) < 4.78 is 0. The number of nitrogens with one attached hydrogen (secondary N) is 1. The maximum absolute atomic E-state index is 5.84. The molecule has 0 spiro atoms. The topological polar surface area (TPSA) is 50.4 Å². The molecular weight excluding hydrogens is 174 g/mol. The molecule has 80 valence electrons. The van der Waals surface area contributed by atoms with Crippen molar-refractivity contribution in [2.75, 3.05) is 0 Å². The number of nitrogens with zero attached hydrogens (tertiary/aromatic N) is 1. The molecule has 0 aromatic carbocycles. The molecular formula is C11H21N3. The van der Waals surface area contributed by atoms with Gasteiger partial charge in [0.05, 0.1) is 6.04 Å². The Kier molecular flexibility index (Phi) is 2.66. The van der Waals surface area contributed by atoms with Crippen LogP contribution in [0.1, 0.15) is 39.5 Å². The van der Waals surface area contributed by atoms with Gasteiger partial charge in [-0.2, -0.15) is 0 Å². The van der Waals surface area contributed by atoms with Crippen LogP contribution in [0.5, 0.6) is 0 Å². The summed E-state index contributed by atoms with van der Waals surface area (Å²) >= 11 is 0. The van der Waals surface area contributed by atoms with Crippen molar-refractivity contribution in [3.63, 3.8) is 0 Å². The third kappa shape index (κ3) is 2.20. The van der Waals surface area contributed by atoms with E-state index in [4.69, 9.17) is 5.73 Å². The largest absolute Gasteiger partial charge is 0.370 e. The van der Waals surface area contributed by atoms with Crippen LogP contribution >= 0.6 is 0 Å². The van der Waals surface area contributed by atoms with Crippen LogP contribution in [0.4, 0.5) is 0 Å². The maximum atomic E-state index is 5.84. The second kappa shape index (κ2) is 3.79. The van der Waals surface area contributed by atoms with E-state index in [2.05, 4.69) is 24.2 Å². The number of nitrogens with two attached hydrogens (primary N) is 1. The van der Waals surface area contributed by atoms with Crippen molar-refractivity contribution in [3.05, 3.63) is 0 Å². The molecule has 2 rings (SSSR count). The van der Waals surface area contributed by atoms with E-state index in [-0.39, 0.29) is 0 Å². The van der Waals surface area contributed by atoms with E-state index in [0.29, 0.717) is 24.0 Å². The molecule has 2 saturated carbocycles. The van der Waals surface area contributed by atoms with E-state index in [9.17, 15) is 0 Å². The van der Waals surface area contributed by atoms with Gasteiger partial charge in [-0.05, 0) is 37.5 Å². The first-order valence-electron chi connectivity index (χ1n) is 5.76. The van der Waals surface area contributed by atoms with Crippen molar-refractivity contribution < 1.29 is 0 Å². The molecule has 0 heterocycles. The highest BCUT2D eigenvalue weighted by Gasteiger charge is 2.30. The van der Waals surface area contributed by atoms with Gasteiger partial charge in [0.1, 0.15) is 0 Å². The van der Waals surface area contributed by atoms with Crippen LogP contribution < -0.4 is 11.1 Å². The zero-order chi connectivity index (χ0) is 10.1. The van der Waals surface area contributed by atoms with Gasteiger partial charge < -0.3 is 11.1 Å². The first kappa shape index (κ1) is 9.81. The molecule has 0 aromatic heterocycles. The SMILES string of the molecule is CC1CCC(N=C(N)NC2CC2)C1C. The molecule has 3 atom stereocenters. The summed E-state index contributed by atoms with van der Waals surface area (Å²) in [5.74, 6) is 2.16. The molecule has 0 radical (unpaired) electrons. The Labute approximate surface area is 86.2 Å². The van der Waals surface area contributed by atoms with Crippen LogP contribution in [-0.4, -0.2) is 18.0 Å². The first-order chi connectivity index (χ1) is 6.66. The lowest BCUT2D eigenvalue weighted by Gasteiger charge is -2.15. The number of guanidine groups is 1. The summed E-state index contributed by atoms with van der Waals surface area (Å²) in [5, 5.41) is 3.24. The van der Waals surface area contributed by atoms with Gasteiger partial charge in [-0.25, -0.2) is 4.99 Å². The Balaban J connectivity index is 1.88. The third-order valence-electron chi connectivity index (χ3n) is 3.66. The summed E-state index contributed by atoms with van der Waals surface area (Å²) in [5.41, 5.74) is 5.84. The minimum Gasteiger partial charge on any atom is -0.370 e. The minimum absolute atomic E-state index is 0.455. The van der Waals surface area contributed by atoms with Crippen molar-refractivity contribution in [3.8, 4) is 0 Å². The van der Waals surface area contributed by atoms with Crippen LogP contribution in [0, 0.1) is 11.8 Å². The normalized spacial score (nSPS) is 38.7. The van der Waals surface area contributed by atoms with E-state index in [1.165, 1.54) is 25.7 Å². The molecule has 3 heteroatoms. The summed E-state index contributed by atoms with van der Waals surface area (Å²) in [6, 6.07) is 1.07. The Bertz CT molecular complexity index is 233. The molecule has 0 aromatic rings. The minimum atomic E-state index is 0.455. The third-order valence-corrected chi connectivity index (χ3v) is 3.66. The Hall–Kier alpha value is -0.730. The van der Waals surface area contributed by atoms with Gasteiger partial charge in [-0.1, -0.05) is 13.8 Å². The van der Waals surface area contributed by atoms with Gasteiger partial charge in [-0.15, -0.1) is 0 Å². The summed E-state index contributed by atoms with van der Waals surface area (Å²) in [6.45, 7) is 4.60. The van der Waals surface area contributed by atoms with Gasteiger partial charge in [-0.3, -0.25) is 0 Å². The quantitative estimate of drug-likeness (QED) is 0.518. The Morgan fingerprint density at radius 3 is 2.43 bits per heavy atom. The average molecular weight is 195 g/mol. The van der Waals surface area contributed by atoms with Crippen molar-refractivity contribution in [2.45, 2.75) is 51.6 Å². The summed E-state index contributed by atoms with van der Waals surface area (Å²) in [4.78, 5) is 4.57. The number of aliphatic imine (C=N–C) groups is 1. The van der Waals surface area contributed by atoms with Gasteiger partial charge in [0.25, 0.3) is 0 Å². The second-order valence-electron chi connectivity index (χ2n) is 4.91. The number of hydrogen-bond acceptors (Lipinski definition) is 1. The highest BCUT2D eigenvalue weighted by molar-refractivity contribution is 5.78. The summed E-state index contributed by atoms with van der Waals surface area (Å²) in [6.07, 6.45) is 5.01. The van der Waals surface area contributed by atoms with E-state index >= 15 is 0 Å². The van der Waals surface area contributed by atoms with Gasteiger partial charge >= 0.3 is 0 Å². The predicted molar refractivity (Wildman–Crippen MR) is 59.1 cm³/mol. The molecule has 3 unspecified atom stereocenters. The van der Waals surface area contributed by atoms with E-state index in [1.54, 1.807) is 0 Å². The molecule has 0 bridgehead atoms. The standard InChI is InChI=1S/C11H21N3/c1-7-3-6-10(8(7)2)14-11(12)13-9-4-5-9/h7-10H,3-6H2,1-2H3,(H3,12,13,14). The van der Waals surface area contributed by atoms with E-state index < -0.39 is 0 Å². The van der Waals surface area contributed by atoms with Crippen molar-refractivity contribution in [1.82, 2.24) is 5.32 Å². The van der Waals surface area contributed by atoms with Crippen LogP contribution in [0.25, 0.3) is 0 Å². The lowest BCUT2D eigenvalue weighted by Crippen LogP contribution is -2.35. The monoisotopic (exact) mass is 195 g/mol. The maximum Gasteiger partial charge on any atom is 0.189 e. The molecule has 3 N–H and O–H groups in total. The van der Waals surface area contributed by atoms with Gasteiger partial charge in [0.2, 0.25) is 0 Å². The van der Waals surface area contributed by atoms with Crippen LogP contribution in [0.15, 0.2) is 4.99 Å². The molecule has 2 aliphatic rings. The predicted octanol–water partition coefficient (Wildman–Crippen LogP) is 1.49. The summed E-state index contributed by atoms with van der Waals surface area (Å²) in [7, 11) is 0. The molecule has 2 fully saturated rings. The smallest absolute Gasteiger partial charge is 0.189 e. The van der Waals surface area contributed by atoms with Crippen molar-refractivity contribution >= 4 is 5.96 Å². The zero-order valence-corrected chi connectivity index (χ0v) is 9.16. The highest BCUT2D eigenvalue weighted by Crippen LogP contribution is 2.33. The lowest BCUT2D eigenvalue weighted by atomic mass is 9.98. The Morgan fingerprint density at radius 2 is 1.93 bits per heavy atom. The number of hydrogen-bond donors (Lipinski definition) is 2. The first-order valence-corrected chi connectivity index (χ1v) is 5.76. The average Bonchev–Trinajstić information content (AvgIpc) is 2.89. The van der Waals surface area contributed by atoms with E-state index in [1.807, 2.05) is 0 Å². The van der Waals surface area contributed by atoms with E-state index in [0.717, 1.165) is 5.92 Å². The van der Waals surface area contributed by atoms with Crippen LogP contribution in [-0.2, 0) is 0 Å². The second-order valence-corrected chi connectivity index (χ2v) is 4.91. The number of rotatable bonds is 2. The molecule has 0 saturated heterocycles. The Morgan fingerprint density at radius 1 is 1.21 bits per heavy atom. The molecule has 14 heavy (non-hydrogen) atoms. The molecule has 2 aliphatic carbocycles. The zero-order valence-electron chi connectivity index (χ0n) is 9.16. The van der Waals surface area contributed by atoms with Crippen molar-refractivity contribution in [1.29, 1.82) is 0 Å². The van der Waals surface area contributed by atoms with Crippen LogP contribution in [0.2, 0.25) is 0 Å².